The van der Waals surface area contributed by atoms with Crippen molar-refractivity contribution in [1.29, 1.82) is 0 Å². The Balaban J connectivity index is 2.42. The monoisotopic (exact) mass is 229 g/mol. The topological polar surface area (TPSA) is 88.2 Å². The molecule has 5 nitrogen and oxygen atoms in total. The molecule has 1 aromatic rings. The second-order valence-corrected chi connectivity index (χ2v) is 4.20. The zero-order valence-electron chi connectivity index (χ0n) is 8.56. The van der Waals surface area contributed by atoms with E-state index in [1.54, 1.807) is 5.38 Å². The molecule has 1 unspecified atom stereocenters. The molecule has 0 bridgehead atoms. The van der Waals surface area contributed by atoms with Gasteiger partial charge in [0.2, 0.25) is 0 Å². The Morgan fingerprint density at radius 3 is 3.07 bits per heavy atom. The third-order valence-corrected chi connectivity index (χ3v) is 2.60. The maximum absolute atomic E-state index is 11.5. The maximum atomic E-state index is 11.5. The highest BCUT2D eigenvalue weighted by molar-refractivity contribution is 7.13. The summed E-state index contributed by atoms with van der Waals surface area (Å²) in [5, 5.41) is 13.4. The lowest BCUT2D eigenvalue weighted by Gasteiger charge is -2.11. The number of nitrogens with one attached hydrogen (secondary N) is 1. The number of amides is 1. The molecule has 1 rings (SSSR count). The molecule has 0 fully saturated rings. The Kier molecular flexibility index (Phi) is 4.51. The molecule has 0 aliphatic carbocycles. The fraction of sp³-hybridized carbons (Fsp3) is 0.556. The van der Waals surface area contributed by atoms with Gasteiger partial charge in [0.05, 0.1) is 0 Å². The third kappa shape index (κ3) is 3.85. The van der Waals surface area contributed by atoms with Gasteiger partial charge in [-0.3, -0.25) is 4.79 Å². The quantitative estimate of drug-likeness (QED) is 0.690. The van der Waals surface area contributed by atoms with Gasteiger partial charge in [-0.05, 0) is 19.8 Å². The van der Waals surface area contributed by atoms with Crippen molar-refractivity contribution in [3.8, 4) is 0 Å². The van der Waals surface area contributed by atoms with Gasteiger partial charge in [0.15, 0.2) is 5.13 Å². The first-order valence-corrected chi connectivity index (χ1v) is 5.64. The number of nitrogens with two attached hydrogens (primary N) is 1. The molecule has 6 heteroatoms. The minimum Gasteiger partial charge on any atom is -0.396 e. The van der Waals surface area contributed by atoms with Gasteiger partial charge in [-0.25, -0.2) is 4.98 Å². The van der Waals surface area contributed by atoms with Crippen molar-refractivity contribution in [1.82, 2.24) is 10.3 Å². The molecule has 1 atom stereocenters. The number of hydrogen-bond donors (Lipinski definition) is 3. The van der Waals surface area contributed by atoms with Crippen LogP contribution in [0.3, 0.4) is 0 Å². The molecule has 1 heterocycles. The van der Waals surface area contributed by atoms with E-state index in [2.05, 4.69) is 10.3 Å². The van der Waals surface area contributed by atoms with Gasteiger partial charge in [-0.15, -0.1) is 11.3 Å². The zero-order valence-corrected chi connectivity index (χ0v) is 9.38. The second kappa shape index (κ2) is 5.67. The van der Waals surface area contributed by atoms with E-state index in [4.69, 9.17) is 10.8 Å². The average molecular weight is 229 g/mol. The van der Waals surface area contributed by atoms with Crippen LogP contribution in [-0.2, 0) is 0 Å². The van der Waals surface area contributed by atoms with Crippen LogP contribution in [0.2, 0.25) is 0 Å². The van der Waals surface area contributed by atoms with Crippen LogP contribution >= 0.6 is 11.3 Å². The molecule has 84 valence electrons. The predicted octanol–water partition coefficient (Wildman–Crippen LogP) is 0.616. The predicted molar refractivity (Wildman–Crippen MR) is 59.8 cm³/mol. The van der Waals surface area contributed by atoms with Gasteiger partial charge in [0.1, 0.15) is 5.69 Å². The average Bonchev–Trinajstić information content (AvgIpc) is 2.61. The summed E-state index contributed by atoms with van der Waals surface area (Å²) in [7, 11) is 0. The third-order valence-electron chi connectivity index (χ3n) is 1.93. The van der Waals surface area contributed by atoms with Gasteiger partial charge >= 0.3 is 0 Å². The van der Waals surface area contributed by atoms with E-state index in [9.17, 15) is 4.79 Å². The van der Waals surface area contributed by atoms with Crippen LogP contribution in [0.5, 0.6) is 0 Å². The summed E-state index contributed by atoms with van der Waals surface area (Å²) in [4.78, 5) is 15.4. The van der Waals surface area contributed by atoms with Crippen molar-refractivity contribution in [2.75, 3.05) is 12.3 Å². The number of nitrogen functional groups attached to an aromatic ring is 1. The molecule has 0 radical (unpaired) electrons. The fourth-order valence-electron chi connectivity index (χ4n) is 1.16. The second-order valence-electron chi connectivity index (χ2n) is 3.31. The molecule has 0 aliphatic rings. The summed E-state index contributed by atoms with van der Waals surface area (Å²) in [6, 6.07) is 0.0348. The smallest absolute Gasteiger partial charge is 0.271 e. The molecule has 0 aliphatic heterocycles. The Hall–Kier alpha value is -1.14. The van der Waals surface area contributed by atoms with E-state index in [0.717, 1.165) is 6.42 Å². The molecule has 1 amide bonds. The SMILES string of the molecule is CC(CCCO)NC(=O)c1csc(N)n1. The number of anilines is 1. The Morgan fingerprint density at radius 1 is 1.80 bits per heavy atom. The summed E-state index contributed by atoms with van der Waals surface area (Å²) in [6.07, 6.45) is 1.43. The molecule has 1 aromatic heterocycles. The molecule has 15 heavy (non-hydrogen) atoms. The maximum Gasteiger partial charge on any atom is 0.271 e. The van der Waals surface area contributed by atoms with Gasteiger partial charge in [0.25, 0.3) is 5.91 Å². The summed E-state index contributed by atoms with van der Waals surface area (Å²) in [6.45, 7) is 2.03. The standard InChI is InChI=1S/C9H15N3O2S/c1-6(3-2-4-13)11-8(14)7-5-15-9(10)12-7/h5-6,13H,2-4H2,1H3,(H2,10,12)(H,11,14). The number of aliphatic hydroxyl groups is 1. The van der Waals surface area contributed by atoms with E-state index < -0.39 is 0 Å². The van der Waals surface area contributed by atoms with Crippen molar-refractivity contribution in [3.63, 3.8) is 0 Å². The largest absolute Gasteiger partial charge is 0.396 e. The summed E-state index contributed by atoms with van der Waals surface area (Å²) in [5.41, 5.74) is 5.78. The van der Waals surface area contributed by atoms with Crippen LogP contribution in [-0.4, -0.2) is 28.6 Å². The lowest BCUT2D eigenvalue weighted by Crippen LogP contribution is -2.32. The Labute approximate surface area is 92.3 Å². The van der Waals surface area contributed by atoms with Gasteiger partial charge in [0, 0.05) is 18.0 Å². The number of thiazole rings is 1. The van der Waals surface area contributed by atoms with Crippen molar-refractivity contribution in [3.05, 3.63) is 11.1 Å². The van der Waals surface area contributed by atoms with E-state index in [0.29, 0.717) is 17.2 Å². The van der Waals surface area contributed by atoms with E-state index in [1.165, 1.54) is 11.3 Å². The highest BCUT2D eigenvalue weighted by Crippen LogP contribution is 2.11. The van der Waals surface area contributed by atoms with Gasteiger partial charge in [-0.2, -0.15) is 0 Å². The summed E-state index contributed by atoms with van der Waals surface area (Å²) in [5.74, 6) is -0.214. The number of hydrogen-bond acceptors (Lipinski definition) is 5. The van der Waals surface area contributed by atoms with Crippen LogP contribution in [0.1, 0.15) is 30.3 Å². The molecule has 0 saturated heterocycles. The van der Waals surface area contributed by atoms with Crippen LogP contribution < -0.4 is 11.1 Å². The van der Waals surface area contributed by atoms with Gasteiger partial charge < -0.3 is 16.2 Å². The lowest BCUT2D eigenvalue weighted by atomic mass is 10.2. The minimum absolute atomic E-state index is 0.0348. The summed E-state index contributed by atoms with van der Waals surface area (Å²) >= 11 is 1.24. The van der Waals surface area contributed by atoms with Crippen molar-refractivity contribution >= 4 is 22.4 Å². The molecule has 0 saturated carbocycles. The van der Waals surface area contributed by atoms with E-state index in [-0.39, 0.29) is 18.6 Å². The first-order valence-electron chi connectivity index (χ1n) is 4.76. The summed E-state index contributed by atoms with van der Waals surface area (Å²) < 4.78 is 0. The fourth-order valence-corrected chi connectivity index (χ4v) is 1.70. The zero-order chi connectivity index (χ0) is 11.3. The number of nitrogens with zero attached hydrogens (tertiary/aromatic N) is 1. The Bertz CT molecular complexity index is 327. The van der Waals surface area contributed by atoms with E-state index in [1.807, 2.05) is 6.92 Å². The highest BCUT2D eigenvalue weighted by Gasteiger charge is 2.12. The lowest BCUT2D eigenvalue weighted by molar-refractivity contribution is 0.0932. The number of aromatic nitrogens is 1. The van der Waals surface area contributed by atoms with Crippen LogP contribution in [0.15, 0.2) is 5.38 Å². The van der Waals surface area contributed by atoms with Crippen molar-refractivity contribution in [2.24, 2.45) is 0 Å². The highest BCUT2D eigenvalue weighted by atomic mass is 32.1. The Morgan fingerprint density at radius 2 is 2.53 bits per heavy atom. The molecular weight excluding hydrogens is 214 g/mol. The minimum atomic E-state index is -0.214. The number of aliphatic hydroxyl groups excluding tert-OH is 1. The molecule has 0 spiro atoms. The van der Waals surface area contributed by atoms with Crippen LogP contribution in [0, 0.1) is 0 Å². The number of carbonyl (C=O) groups is 1. The van der Waals surface area contributed by atoms with Crippen LogP contribution in [0.25, 0.3) is 0 Å². The first-order chi connectivity index (χ1) is 7.13. The molecular formula is C9H15N3O2S. The van der Waals surface area contributed by atoms with Crippen LogP contribution in [0.4, 0.5) is 5.13 Å². The molecule has 4 N–H and O–H groups in total. The number of rotatable bonds is 5. The van der Waals surface area contributed by atoms with Crippen molar-refractivity contribution < 1.29 is 9.90 Å². The first kappa shape index (κ1) is 11.9. The number of carbonyl (C=O) groups excluding carboxylic acids is 1. The molecule has 0 aromatic carbocycles. The normalized spacial score (nSPS) is 12.4. The van der Waals surface area contributed by atoms with E-state index >= 15 is 0 Å². The van der Waals surface area contributed by atoms with Gasteiger partial charge in [-0.1, -0.05) is 0 Å². The van der Waals surface area contributed by atoms with Crippen molar-refractivity contribution in [2.45, 2.75) is 25.8 Å².